The van der Waals surface area contributed by atoms with Gasteiger partial charge >= 0.3 is 0 Å². The molecule has 3 atom stereocenters. The number of nitrogens with two attached hydrogens (primary N) is 1. The topological polar surface area (TPSA) is 115 Å². The van der Waals surface area contributed by atoms with Crippen LogP contribution in [0.5, 0.6) is 0 Å². The molecule has 2 aromatic rings. The first-order valence-corrected chi connectivity index (χ1v) is 10.1. The number of carbonyl (C=O) groups is 1. The Balaban J connectivity index is 1.22. The van der Waals surface area contributed by atoms with Crippen molar-refractivity contribution in [2.75, 3.05) is 23.7 Å². The Hall–Kier alpha value is -2.71. The van der Waals surface area contributed by atoms with Crippen molar-refractivity contribution >= 4 is 17.7 Å². The molecule has 2 fully saturated rings. The summed E-state index contributed by atoms with van der Waals surface area (Å²) >= 11 is 0. The van der Waals surface area contributed by atoms with Crippen molar-refractivity contribution in [1.29, 1.82) is 0 Å². The normalized spacial score (nSPS) is 25.8. The van der Waals surface area contributed by atoms with Crippen LogP contribution in [-0.4, -0.2) is 43.7 Å². The SMILES string of the molecule is Cc1cc(N2CC[C@@H]3C[C@@H](C(=O)NCc4nnc5n4CCC5)[C@@H]3C2)nc(N)n1. The molecule has 9 heteroatoms. The van der Waals surface area contributed by atoms with Crippen molar-refractivity contribution in [1.82, 2.24) is 30.0 Å². The zero-order valence-corrected chi connectivity index (χ0v) is 16.1. The molecule has 4 heterocycles. The molecule has 1 saturated heterocycles. The van der Waals surface area contributed by atoms with Crippen LogP contribution in [0.25, 0.3) is 0 Å². The standard InChI is InChI=1S/C19H26N8O/c1-11-7-16(23-19(20)22-11)26-6-4-12-8-13(14(12)10-26)18(28)21-9-17-25-24-15-3-2-5-27(15)17/h7,12-14H,2-6,8-10H2,1H3,(H,21,28)(H2,20,22,23)/t12-,13-,14-/m1/s1. The maximum atomic E-state index is 12.8. The third kappa shape index (κ3) is 2.98. The molecule has 2 aliphatic heterocycles. The molecule has 1 amide bonds. The highest BCUT2D eigenvalue weighted by Gasteiger charge is 2.47. The molecule has 2 aromatic heterocycles. The van der Waals surface area contributed by atoms with Crippen LogP contribution in [0.15, 0.2) is 6.07 Å². The molecule has 3 aliphatic rings. The van der Waals surface area contributed by atoms with Gasteiger partial charge in [0.15, 0.2) is 5.82 Å². The zero-order valence-electron chi connectivity index (χ0n) is 16.1. The number of aryl methyl sites for hydroxylation is 2. The predicted octanol–water partition coefficient (Wildman–Crippen LogP) is 0.684. The van der Waals surface area contributed by atoms with Crippen molar-refractivity contribution in [3.63, 3.8) is 0 Å². The fourth-order valence-corrected chi connectivity index (χ4v) is 4.97. The van der Waals surface area contributed by atoms with Crippen LogP contribution < -0.4 is 16.0 Å². The first kappa shape index (κ1) is 17.4. The Morgan fingerprint density at radius 1 is 1.32 bits per heavy atom. The largest absolute Gasteiger partial charge is 0.368 e. The van der Waals surface area contributed by atoms with E-state index in [0.29, 0.717) is 24.3 Å². The van der Waals surface area contributed by atoms with Gasteiger partial charge in [-0.3, -0.25) is 4.79 Å². The molecule has 1 aliphatic carbocycles. The number of piperidine rings is 1. The molecule has 0 aromatic carbocycles. The average Bonchev–Trinajstić information content (AvgIpc) is 3.24. The van der Waals surface area contributed by atoms with Gasteiger partial charge in [0.25, 0.3) is 0 Å². The lowest BCUT2D eigenvalue weighted by molar-refractivity contribution is -0.134. The monoisotopic (exact) mass is 382 g/mol. The van der Waals surface area contributed by atoms with Crippen molar-refractivity contribution in [2.24, 2.45) is 17.8 Å². The van der Waals surface area contributed by atoms with E-state index >= 15 is 0 Å². The Kier molecular flexibility index (Phi) is 4.17. The summed E-state index contributed by atoms with van der Waals surface area (Å²) in [6.45, 7) is 5.15. The van der Waals surface area contributed by atoms with E-state index in [1.165, 1.54) is 0 Å². The highest BCUT2D eigenvalue weighted by molar-refractivity contribution is 5.80. The van der Waals surface area contributed by atoms with Gasteiger partial charge in [0.2, 0.25) is 11.9 Å². The number of fused-ring (bicyclic) bond motifs is 2. The molecular weight excluding hydrogens is 356 g/mol. The highest BCUT2D eigenvalue weighted by Crippen LogP contribution is 2.46. The molecule has 28 heavy (non-hydrogen) atoms. The lowest BCUT2D eigenvalue weighted by atomic mass is 9.61. The third-order valence-corrected chi connectivity index (χ3v) is 6.51. The molecule has 0 radical (unpaired) electrons. The van der Waals surface area contributed by atoms with E-state index in [9.17, 15) is 4.79 Å². The van der Waals surface area contributed by atoms with Gasteiger partial charge in [0.05, 0.1) is 6.54 Å². The molecule has 9 nitrogen and oxygen atoms in total. The number of aromatic nitrogens is 5. The van der Waals surface area contributed by atoms with Crippen molar-refractivity contribution in [2.45, 2.75) is 45.7 Å². The minimum absolute atomic E-state index is 0.0639. The number of amides is 1. The van der Waals surface area contributed by atoms with Gasteiger partial charge in [-0.2, -0.15) is 4.98 Å². The second kappa shape index (κ2) is 6.72. The van der Waals surface area contributed by atoms with Crippen LogP contribution in [0.1, 0.15) is 36.6 Å². The number of anilines is 2. The zero-order chi connectivity index (χ0) is 19.3. The van der Waals surface area contributed by atoms with Gasteiger partial charge in [-0.1, -0.05) is 0 Å². The molecule has 0 bridgehead atoms. The van der Waals surface area contributed by atoms with Gasteiger partial charge < -0.3 is 20.5 Å². The van der Waals surface area contributed by atoms with Crippen LogP contribution in [0.4, 0.5) is 11.8 Å². The second-order valence-corrected chi connectivity index (χ2v) is 8.23. The summed E-state index contributed by atoms with van der Waals surface area (Å²) in [5.74, 6) is 4.28. The van der Waals surface area contributed by atoms with Gasteiger partial charge in [0, 0.05) is 43.7 Å². The van der Waals surface area contributed by atoms with Crippen LogP contribution in [-0.2, 0) is 24.3 Å². The summed E-state index contributed by atoms with van der Waals surface area (Å²) in [5, 5.41) is 11.5. The average molecular weight is 382 g/mol. The van der Waals surface area contributed by atoms with Crippen molar-refractivity contribution in [3.05, 3.63) is 23.4 Å². The van der Waals surface area contributed by atoms with Crippen molar-refractivity contribution < 1.29 is 4.79 Å². The molecule has 0 spiro atoms. The number of nitrogens with zero attached hydrogens (tertiary/aromatic N) is 6. The molecule has 5 rings (SSSR count). The number of nitrogen functional groups attached to an aromatic ring is 1. The fourth-order valence-electron chi connectivity index (χ4n) is 4.97. The van der Waals surface area contributed by atoms with E-state index in [-0.39, 0.29) is 11.8 Å². The number of hydrogen-bond acceptors (Lipinski definition) is 7. The first-order chi connectivity index (χ1) is 13.6. The molecule has 0 unspecified atom stereocenters. The van der Waals surface area contributed by atoms with Crippen LogP contribution in [0.2, 0.25) is 0 Å². The number of hydrogen-bond donors (Lipinski definition) is 2. The van der Waals surface area contributed by atoms with Gasteiger partial charge in [-0.15, -0.1) is 10.2 Å². The molecule has 1 saturated carbocycles. The fraction of sp³-hybridized carbons (Fsp3) is 0.632. The Bertz CT molecular complexity index is 889. The van der Waals surface area contributed by atoms with E-state index in [0.717, 1.165) is 68.5 Å². The van der Waals surface area contributed by atoms with Gasteiger partial charge in [-0.25, -0.2) is 4.98 Å². The Morgan fingerprint density at radius 3 is 3.07 bits per heavy atom. The smallest absolute Gasteiger partial charge is 0.223 e. The highest BCUT2D eigenvalue weighted by atomic mass is 16.1. The van der Waals surface area contributed by atoms with E-state index in [1.807, 2.05) is 13.0 Å². The minimum Gasteiger partial charge on any atom is -0.368 e. The summed E-state index contributed by atoms with van der Waals surface area (Å²) in [6.07, 6.45) is 4.17. The summed E-state index contributed by atoms with van der Waals surface area (Å²) in [4.78, 5) is 23.6. The summed E-state index contributed by atoms with van der Waals surface area (Å²) in [7, 11) is 0. The van der Waals surface area contributed by atoms with Gasteiger partial charge in [-0.05, 0) is 38.0 Å². The first-order valence-electron chi connectivity index (χ1n) is 10.1. The number of rotatable bonds is 4. The van der Waals surface area contributed by atoms with Crippen LogP contribution in [0.3, 0.4) is 0 Å². The molecule has 148 valence electrons. The van der Waals surface area contributed by atoms with E-state index < -0.39 is 0 Å². The van der Waals surface area contributed by atoms with Crippen LogP contribution in [0, 0.1) is 24.7 Å². The van der Waals surface area contributed by atoms with E-state index in [1.54, 1.807) is 0 Å². The van der Waals surface area contributed by atoms with Crippen LogP contribution >= 0.6 is 0 Å². The quantitative estimate of drug-likeness (QED) is 0.799. The molecule has 3 N–H and O–H groups in total. The summed E-state index contributed by atoms with van der Waals surface area (Å²) < 4.78 is 2.13. The number of carbonyl (C=O) groups excluding carboxylic acids is 1. The Labute approximate surface area is 163 Å². The summed E-state index contributed by atoms with van der Waals surface area (Å²) in [5.41, 5.74) is 6.69. The summed E-state index contributed by atoms with van der Waals surface area (Å²) in [6, 6.07) is 1.97. The lowest BCUT2D eigenvalue weighted by Gasteiger charge is -2.50. The van der Waals surface area contributed by atoms with E-state index in [4.69, 9.17) is 5.73 Å². The Morgan fingerprint density at radius 2 is 2.21 bits per heavy atom. The second-order valence-electron chi connectivity index (χ2n) is 8.23. The molecular formula is C19H26N8O. The number of nitrogens with one attached hydrogen (secondary N) is 1. The third-order valence-electron chi connectivity index (χ3n) is 6.51. The predicted molar refractivity (Wildman–Crippen MR) is 103 cm³/mol. The lowest BCUT2D eigenvalue weighted by Crippen LogP contribution is -2.55. The minimum atomic E-state index is 0.0639. The maximum Gasteiger partial charge on any atom is 0.223 e. The van der Waals surface area contributed by atoms with E-state index in [2.05, 4.69) is 34.9 Å². The van der Waals surface area contributed by atoms with Gasteiger partial charge in [0.1, 0.15) is 11.6 Å². The maximum absolute atomic E-state index is 12.8. The van der Waals surface area contributed by atoms with Crippen molar-refractivity contribution in [3.8, 4) is 0 Å².